The van der Waals surface area contributed by atoms with Gasteiger partial charge in [0.25, 0.3) is 0 Å². The molecule has 1 saturated heterocycles. The number of aromatic hydroxyl groups is 1. The van der Waals surface area contributed by atoms with E-state index in [4.69, 9.17) is 9.72 Å². The van der Waals surface area contributed by atoms with E-state index in [0.717, 1.165) is 28.5 Å². The normalized spacial score (nSPS) is 21.6. The lowest BCUT2D eigenvalue weighted by molar-refractivity contribution is 0.352. The minimum absolute atomic E-state index is 0.0897. The van der Waals surface area contributed by atoms with Crippen LogP contribution in [0.25, 0.3) is 23.2 Å². The Morgan fingerprint density at radius 1 is 1.25 bits per heavy atom. The molecule has 2 atom stereocenters. The van der Waals surface area contributed by atoms with Crippen LogP contribution in [0.2, 0.25) is 0 Å². The van der Waals surface area contributed by atoms with E-state index in [1.54, 1.807) is 7.11 Å². The van der Waals surface area contributed by atoms with Crippen LogP contribution in [0.15, 0.2) is 30.3 Å². The van der Waals surface area contributed by atoms with Crippen LogP contribution in [0.5, 0.6) is 11.5 Å². The third-order valence-corrected chi connectivity index (χ3v) is 5.00. The molecular formula is C19H21N3O2. The van der Waals surface area contributed by atoms with Crippen LogP contribution in [0.1, 0.15) is 13.8 Å². The molecule has 0 radical (unpaired) electrons. The van der Waals surface area contributed by atoms with Crippen molar-refractivity contribution < 1.29 is 9.84 Å². The maximum atomic E-state index is 10.7. The van der Waals surface area contributed by atoms with Gasteiger partial charge in [-0.2, -0.15) is 0 Å². The first kappa shape index (κ1) is 14.9. The molecule has 1 fully saturated rings. The Labute approximate surface area is 140 Å². The second-order valence-electron chi connectivity index (χ2n) is 6.35. The van der Waals surface area contributed by atoms with Gasteiger partial charge in [0.2, 0.25) is 0 Å². The Morgan fingerprint density at radius 3 is 2.71 bits per heavy atom. The number of pyridine rings is 1. The summed E-state index contributed by atoms with van der Waals surface area (Å²) in [7, 11) is 1.59. The van der Waals surface area contributed by atoms with E-state index in [2.05, 4.69) is 30.1 Å². The van der Waals surface area contributed by atoms with Gasteiger partial charge in [-0.05, 0) is 13.8 Å². The predicted octanol–water partition coefficient (Wildman–Crippen LogP) is 1.00. The molecule has 5 nitrogen and oxygen atoms in total. The van der Waals surface area contributed by atoms with Crippen LogP contribution < -0.4 is 20.6 Å². The Morgan fingerprint density at radius 2 is 2.00 bits per heavy atom. The molecule has 2 aromatic rings. The number of nitrogens with zero attached hydrogens (tertiary/aromatic N) is 2. The van der Waals surface area contributed by atoms with Gasteiger partial charge in [0.15, 0.2) is 11.5 Å². The van der Waals surface area contributed by atoms with E-state index in [9.17, 15) is 5.11 Å². The molecule has 0 saturated carbocycles. The summed E-state index contributed by atoms with van der Waals surface area (Å²) >= 11 is 0. The number of benzene rings is 1. The summed E-state index contributed by atoms with van der Waals surface area (Å²) < 4.78 is 5.53. The highest BCUT2D eigenvalue weighted by Crippen LogP contribution is 2.32. The molecule has 2 aliphatic heterocycles. The first-order chi connectivity index (χ1) is 11.6. The minimum Gasteiger partial charge on any atom is -0.503 e. The number of nitrogens with one attached hydrogen (secondary N) is 1. The molecule has 3 heterocycles. The van der Waals surface area contributed by atoms with Crippen LogP contribution in [0.4, 0.5) is 0 Å². The average Bonchev–Trinajstić information content (AvgIpc) is 2.90. The van der Waals surface area contributed by atoms with E-state index in [1.807, 2.05) is 30.3 Å². The van der Waals surface area contributed by atoms with E-state index >= 15 is 0 Å². The summed E-state index contributed by atoms with van der Waals surface area (Å²) in [6, 6.07) is 10.4. The number of methoxy groups -OCH3 is 1. The van der Waals surface area contributed by atoms with Crippen molar-refractivity contribution in [2.45, 2.75) is 25.9 Å². The van der Waals surface area contributed by atoms with Crippen molar-refractivity contribution in [3.05, 3.63) is 40.9 Å². The number of rotatable bonds is 2. The van der Waals surface area contributed by atoms with E-state index in [1.165, 1.54) is 0 Å². The molecule has 2 unspecified atom stereocenters. The maximum Gasteiger partial charge on any atom is 0.185 e. The lowest BCUT2D eigenvalue weighted by Crippen LogP contribution is -2.44. The van der Waals surface area contributed by atoms with Gasteiger partial charge in [0.1, 0.15) is 16.9 Å². The van der Waals surface area contributed by atoms with Gasteiger partial charge in [-0.1, -0.05) is 36.4 Å². The number of fused-ring (bicyclic) bond motifs is 2. The second-order valence-corrected chi connectivity index (χ2v) is 6.35. The first-order valence-corrected chi connectivity index (χ1v) is 8.22. The van der Waals surface area contributed by atoms with Gasteiger partial charge in [0.05, 0.1) is 7.11 Å². The quantitative estimate of drug-likeness (QED) is 0.864. The smallest absolute Gasteiger partial charge is 0.185 e. The second kappa shape index (κ2) is 5.44. The maximum absolute atomic E-state index is 10.7. The third kappa shape index (κ3) is 2.04. The minimum atomic E-state index is 0.0897. The van der Waals surface area contributed by atoms with E-state index in [-0.39, 0.29) is 5.75 Å². The molecule has 0 aliphatic carbocycles. The monoisotopic (exact) mass is 323 g/mol. The topological polar surface area (TPSA) is 57.6 Å². The van der Waals surface area contributed by atoms with E-state index < -0.39 is 0 Å². The molecule has 1 aromatic carbocycles. The summed E-state index contributed by atoms with van der Waals surface area (Å²) in [6.07, 6.45) is 2.08. The van der Waals surface area contributed by atoms with Crippen LogP contribution in [-0.4, -0.2) is 40.7 Å². The molecule has 4 rings (SSSR count). The summed E-state index contributed by atoms with van der Waals surface area (Å²) in [6.45, 7) is 5.16. The van der Waals surface area contributed by atoms with Crippen molar-refractivity contribution in [2.75, 3.05) is 13.7 Å². The number of ether oxygens (including phenoxy) is 1. The van der Waals surface area contributed by atoms with E-state index in [0.29, 0.717) is 23.5 Å². The molecule has 5 heteroatoms. The fourth-order valence-electron chi connectivity index (χ4n) is 3.49. The highest BCUT2D eigenvalue weighted by Gasteiger charge is 2.33. The van der Waals surface area contributed by atoms with Crippen molar-refractivity contribution in [1.29, 1.82) is 0 Å². The van der Waals surface area contributed by atoms with Gasteiger partial charge >= 0.3 is 0 Å². The zero-order valence-corrected chi connectivity index (χ0v) is 14.1. The average molecular weight is 323 g/mol. The van der Waals surface area contributed by atoms with Crippen LogP contribution in [-0.2, 0) is 0 Å². The Hall–Kier alpha value is -2.69. The fraction of sp³-hybridized carbons (Fsp3) is 0.316. The Kier molecular flexibility index (Phi) is 3.37. The van der Waals surface area contributed by atoms with Crippen LogP contribution >= 0.6 is 0 Å². The van der Waals surface area contributed by atoms with Crippen LogP contribution in [0, 0.1) is 0 Å². The van der Waals surface area contributed by atoms with Crippen molar-refractivity contribution in [3.8, 4) is 22.8 Å². The lowest BCUT2D eigenvalue weighted by atomic mass is 10.1. The van der Waals surface area contributed by atoms with Gasteiger partial charge in [-0.15, -0.1) is 0 Å². The molecule has 124 valence electrons. The van der Waals surface area contributed by atoms with Crippen LogP contribution in [0.3, 0.4) is 0 Å². The fourth-order valence-corrected chi connectivity index (χ4v) is 3.49. The summed E-state index contributed by atoms with van der Waals surface area (Å²) in [5.41, 5.74) is 1.41. The van der Waals surface area contributed by atoms with Gasteiger partial charge in [0, 0.05) is 29.4 Å². The highest BCUT2D eigenvalue weighted by molar-refractivity contribution is 5.71. The SMILES string of the molecule is COc1c(O)c(-c2ccccc2)nc2c1=CCN1C=2NC(C)C1C. The van der Waals surface area contributed by atoms with Gasteiger partial charge < -0.3 is 20.1 Å². The van der Waals surface area contributed by atoms with Crippen molar-refractivity contribution in [1.82, 2.24) is 15.2 Å². The molecule has 1 aromatic heterocycles. The summed E-state index contributed by atoms with van der Waals surface area (Å²) in [5, 5.41) is 15.9. The molecule has 24 heavy (non-hydrogen) atoms. The summed E-state index contributed by atoms with van der Waals surface area (Å²) in [5.74, 6) is 1.59. The molecular weight excluding hydrogens is 302 g/mol. The molecule has 0 bridgehead atoms. The van der Waals surface area contributed by atoms with Crippen molar-refractivity contribution >= 4 is 11.9 Å². The Balaban J connectivity index is 2.05. The molecule has 0 amide bonds. The summed E-state index contributed by atoms with van der Waals surface area (Å²) in [4.78, 5) is 7.11. The van der Waals surface area contributed by atoms with Gasteiger partial charge in [-0.25, -0.2) is 4.98 Å². The zero-order chi connectivity index (χ0) is 16.8. The lowest BCUT2D eigenvalue weighted by Gasteiger charge is -2.25. The van der Waals surface area contributed by atoms with Crippen molar-refractivity contribution in [3.63, 3.8) is 0 Å². The number of hydrogen-bond acceptors (Lipinski definition) is 5. The predicted molar refractivity (Wildman–Crippen MR) is 93.8 cm³/mol. The van der Waals surface area contributed by atoms with Gasteiger partial charge in [-0.3, -0.25) is 0 Å². The molecule has 2 N–H and O–H groups in total. The number of hydrogen-bond donors (Lipinski definition) is 2. The Bertz CT molecular complexity index is 908. The molecule has 2 aliphatic rings. The van der Waals surface area contributed by atoms with Crippen molar-refractivity contribution in [2.24, 2.45) is 0 Å². The molecule has 0 spiro atoms. The first-order valence-electron chi connectivity index (χ1n) is 8.22. The highest BCUT2D eigenvalue weighted by atomic mass is 16.5. The third-order valence-electron chi connectivity index (χ3n) is 5.00. The largest absolute Gasteiger partial charge is 0.503 e. The number of aromatic nitrogens is 1. The zero-order valence-electron chi connectivity index (χ0n) is 14.1. The standard InChI is InChI=1S/C19H21N3O2/c1-11-12(2)22-10-9-14-16(19(22)20-11)21-15(17(23)18(14)24-3)13-7-5-4-6-8-13/h4-9,11-12,20,23H,10H2,1-3H3.